The zero-order valence-electron chi connectivity index (χ0n) is 10.9. The predicted octanol–water partition coefficient (Wildman–Crippen LogP) is 3.20. The third-order valence-electron chi connectivity index (χ3n) is 2.90. The lowest BCUT2D eigenvalue weighted by Crippen LogP contribution is -2.41. The van der Waals surface area contributed by atoms with Crippen molar-refractivity contribution in [3.05, 3.63) is 42.5 Å². The van der Waals surface area contributed by atoms with Gasteiger partial charge in [0.2, 0.25) is 0 Å². The highest BCUT2D eigenvalue weighted by molar-refractivity contribution is 5.88. The molecule has 1 N–H and O–H groups in total. The number of carbonyl (C=O) groups excluding carboxylic acids is 1. The molecule has 3 heteroatoms. The van der Waals surface area contributed by atoms with E-state index < -0.39 is 5.54 Å². The Kier molecular flexibility index (Phi) is 3.24. The molecule has 94 valence electrons. The van der Waals surface area contributed by atoms with E-state index in [0.29, 0.717) is 0 Å². The van der Waals surface area contributed by atoms with Crippen LogP contribution in [-0.4, -0.2) is 18.6 Å². The molecular weight excluding hydrogens is 226 g/mol. The molecule has 0 aliphatic rings. The molecule has 0 amide bonds. The van der Waals surface area contributed by atoms with Gasteiger partial charge in [0.15, 0.2) is 0 Å². The Bertz CT molecular complexity index is 575. The highest BCUT2D eigenvalue weighted by Crippen LogP contribution is 2.22. The summed E-state index contributed by atoms with van der Waals surface area (Å²) < 4.78 is 4.77. The number of hydrogen-bond donors (Lipinski definition) is 1. The van der Waals surface area contributed by atoms with Crippen LogP contribution >= 0.6 is 0 Å². The Morgan fingerprint density at radius 3 is 2.44 bits per heavy atom. The largest absolute Gasteiger partial charge is 0.467 e. The quantitative estimate of drug-likeness (QED) is 0.841. The van der Waals surface area contributed by atoms with E-state index in [2.05, 4.69) is 11.4 Å². The molecule has 0 aliphatic carbocycles. The molecule has 0 atom stereocenters. The number of benzene rings is 2. The molecule has 0 aromatic heterocycles. The van der Waals surface area contributed by atoms with Crippen LogP contribution in [0, 0.1) is 0 Å². The molecule has 0 saturated heterocycles. The van der Waals surface area contributed by atoms with E-state index in [9.17, 15) is 4.79 Å². The Morgan fingerprint density at radius 1 is 1.11 bits per heavy atom. The first-order valence-electron chi connectivity index (χ1n) is 5.88. The van der Waals surface area contributed by atoms with Crippen molar-refractivity contribution in [3.8, 4) is 0 Å². The Morgan fingerprint density at radius 2 is 1.78 bits per heavy atom. The van der Waals surface area contributed by atoms with Gasteiger partial charge < -0.3 is 10.1 Å². The molecule has 2 rings (SSSR count). The molecule has 0 bridgehead atoms. The first-order chi connectivity index (χ1) is 8.53. The molecule has 0 heterocycles. The van der Waals surface area contributed by atoms with Gasteiger partial charge in [-0.1, -0.05) is 30.3 Å². The minimum Gasteiger partial charge on any atom is -0.467 e. The molecule has 0 saturated carbocycles. The molecule has 0 unspecified atom stereocenters. The van der Waals surface area contributed by atoms with Crippen LogP contribution in [0.1, 0.15) is 13.8 Å². The van der Waals surface area contributed by atoms with E-state index in [0.717, 1.165) is 11.1 Å². The van der Waals surface area contributed by atoms with Crippen LogP contribution in [0.4, 0.5) is 5.69 Å². The van der Waals surface area contributed by atoms with E-state index in [-0.39, 0.29) is 5.97 Å². The van der Waals surface area contributed by atoms with Gasteiger partial charge in [-0.2, -0.15) is 0 Å². The lowest BCUT2D eigenvalue weighted by molar-refractivity contribution is -0.144. The maximum atomic E-state index is 11.6. The van der Waals surface area contributed by atoms with Crippen molar-refractivity contribution < 1.29 is 9.53 Å². The number of rotatable bonds is 3. The number of esters is 1. The van der Waals surface area contributed by atoms with Gasteiger partial charge in [0.1, 0.15) is 5.54 Å². The van der Waals surface area contributed by atoms with Gasteiger partial charge in [-0.3, -0.25) is 0 Å². The second-order valence-corrected chi connectivity index (χ2v) is 4.80. The van der Waals surface area contributed by atoms with Gasteiger partial charge in [-0.15, -0.1) is 0 Å². The highest BCUT2D eigenvalue weighted by atomic mass is 16.5. The van der Waals surface area contributed by atoms with Gasteiger partial charge in [0.25, 0.3) is 0 Å². The van der Waals surface area contributed by atoms with Crippen molar-refractivity contribution in [1.82, 2.24) is 0 Å². The van der Waals surface area contributed by atoms with E-state index in [4.69, 9.17) is 4.74 Å². The van der Waals surface area contributed by atoms with Gasteiger partial charge in [-0.25, -0.2) is 4.79 Å². The molecule has 0 aliphatic heterocycles. The lowest BCUT2D eigenvalue weighted by atomic mass is 10.0. The molecule has 0 fully saturated rings. The summed E-state index contributed by atoms with van der Waals surface area (Å²) in [6.45, 7) is 3.60. The van der Waals surface area contributed by atoms with E-state index in [1.165, 1.54) is 12.5 Å². The first-order valence-corrected chi connectivity index (χ1v) is 5.88. The van der Waals surface area contributed by atoms with Crippen molar-refractivity contribution in [2.45, 2.75) is 19.4 Å². The minimum absolute atomic E-state index is 0.282. The minimum atomic E-state index is -0.739. The van der Waals surface area contributed by atoms with Crippen molar-refractivity contribution in [1.29, 1.82) is 0 Å². The van der Waals surface area contributed by atoms with Crippen molar-refractivity contribution in [2.75, 3.05) is 12.4 Å². The summed E-state index contributed by atoms with van der Waals surface area (Å²) >= 11 is 0. The second kappa shape index (κ2) is 4.69. The van der Waals surface area contributed by atoms with Gasteiger partial charge >= 0.3 is 5.97 Å². The van der Waals surface area contributed by atoms with Crippen LogP contribution in [0.5, 0.6) is 0 Å². The molecule has 2 aromatic carbocycles. The summed E-state index contributed by atoms with van der Waals surface area (Å²) in [4.78, 5) is 11.6. The number of ether oxygens (including phenoxy) is 1. The number of methoxy groups -OCH3 is 1. The SMILES string of the molecule is COC(=O)C(C)(C)Nc1ccc2ccccc2c1. The van der Waals surface area contributed by atoms with Crippen LogP contribution in [0.3, 0.4) is 0 Å². The summed E-state index contributed by atoms with van der Waals surface area (Å²) in [5.41, 5.74) is 0.168. The maximum absolute atomic E-state index is 11.6. The van der Waals surface area contributed by atoms with Gasteiger partial charge in [0.05, 0.1) is 7.11 Å². The predicted molar refractivity (Wildman–Crippen MR) is 73.7 cm³/mol. The molecule has 2 aromatic rings. The van der Waals surface area contributed by atoms with E-state index in [1.807, 2.05) is 36.4 Å². The third-order valence-corrected chi connectivity index (χ3v) is 2.90. The van der Waals surface area contributed by atoms with Crippen LogP contribution in [-0.2, 0) is 9.53 Å². The molecular formula is C15H17NO2. The molecule has 0 radical (unpaired) electrons. The summed E-state index contributed by atoms with van der Waals surface area (Å²) in [6.07, 6.45) is 0. The Balaban J connectivity index is 2.29. The van der Waals surface area contributed by atoms with Crippen LogP contribution < -0.4 is 5.32 Å². The number of nitrogens with one attached hydrogen (secondary N) is 1. The Labute approximate surface area is 107 Å². The van der Waals surface area contributed by atoms with Crippen molar-refractivity contribution in [2.24, 2.45) is 0 Å². The number of fused-ring (bicyclic) bond motifs is 1. The van der Waals surface area contributed by atoms with Gasteiger partial charge in [-0.05, 0) is 36.8 Å². The number of carbonyl (C=O) groups is 1. The summed E-state index contributed by atoms with van der Waals surface area (Å²) in [5, 5.41) is 5.51. The van der Waals surface area contributed by atoms with E-state index >= 15 is 0 Å². The summed E-state index contributed by atoms with van der Waals surface area (Å²) in [7, 11) is 1.39. The summed E-state index contributed by atoms with van der Waals surface area (Å²) in [5.74, 6) is -0.282. The zero-order valence-corrected chi connectivity index (χ0v) is 10.9. The molecule has 18 heavy (non-hydrogen) atoms. The zero-order chi connectivity index (χ0) is 13.2. The first kappa shape index (κ1) is 12.4. The van der Waals surface area contributed by atoms with E-state index in [1.54, 1.807) is 13.8 Å². The van der Waals surface area contributed by atoms with Crippen molar-refractivity contribution >= 4 is 22.4 Å². The maximum Gasteiger partial charge on any atom is 0.330 e. The normalized spacial score (nSPS) is 11.3. The summed E-state index contributed by atoms with van der Waals surface area (Å²) in [6, 6.07) is 14.1. The fraction of sp³-hybridized carbons (Fsp3) is 0.267. The highest BCUT2D eigenvalue weighted by Gasteiger charge is 2.28. The van der Waals surface area contributed by atoms with Crippen molar-refractivity contribution in [3.63, 3.8) is 0 Å². The molecule has 0 spiro atoms. The number of anilines is 1. The second-order valence-electron chi connectivity index (χ2n) is 4.80. The standard InChI is InChI=1S/C15H17NO2/c1-15(2,14(17)18-3)16-13-9-8-11-6-4-5-7-12(11)10-13/h4-10,16H,1-3H3. The van der Waals surface area contributed by atoms with Crippen LogP contribution in [0.2, 0.25) is 0 Å². The number of hydrogen-bond acceptors (Lipinski definition) is 3. The monoisotopic (exact) mass is 243 g/mol. The smallest absolute Gasteiger partial charge is 0.330 e. The Hall–Kier alpha value is -2.03. The third kappa shape index (κ3) is 2.45. The van der Waals surface area contributed by atoms with Crippen LogP contribution in [0.25, 0.3) is 10.8 Å². The topological polar surface area (TPSA) is 38.3 Å². The average molecular weight is 243 g/mol. The fourth-order valence-electron chi connectivity index (χ4n) is 1.93. The van der Waals surface area contributed by atoms with Gasteiger partial charge in [0, 0.05) is 5.69 Å². The fourth-order valence-corrected chi connectivity index (χ4v) is 1.93. The lowest BCUT2D eigenvalue weighted by Gasteiger charge is -2.24. The van der Waals surface area contributed by atoms with Crippen LogP contribution in [0.15, 0.2) is 42.5 Å². The molecule has 3 nitrogen and oxygen atoms in total. The average Bonchev–Trinajstić information content (AvgIpc) is 2.37.